The maximum atomic E-state index is 10.3. The Balaban J connectivity index is 2.25. The fourth-order valence-corrected chi connectivity index (χ4v) is 0.806. The minimum absolute atomic E-state index is 0.366. The third-order valence-electron chi connectivity index (χ3n) is 1.40. The number of amides is 2. The standard InChI is InChI=1S/C7H12N6O/c8-5-3-13-6(4-12-5)10-1-2-11-7(9)14/h3-4H,1-2H2,(H2,8,12)(H,10,13)(H3,9,11,14). The van der Waals surface area contributed by atoms with Crippen molar-refractivity contribution in [1.29, 1.82) is 0 Å². The van der Waals surface area contributed by atoms with Crippen molar-refractivity contribution in [1.82, 2.24) is 15.3 Å². The minimum Gasteiger partial charge on any atom is -0.382 e. The van der Waals surface area contributed by atoms with Crippen LogP contribution in [-0.4, -0.2) is 29.1 Å². The lowest BCUT2D eigenvalue weighted by atomic mass is 10.5. The highest BCUT2D eigenvalue weighted by Gasteiger charge is 1.94. The van der Waals surface area contributed by atoms with Crippen molar-refractivity contribution in [3.8, 4) is 0 Å². The Labute approximate surface area is 80.9 Å². The van der Waals surface area contributed by atoms with Gasteiger partial charge in [-0.2, -0.15) is 0 Å². The van der Waals surface area contributed by atoms with E-state index >= 15 is 0 Å². The third kappa shape index (κ3) is 3.57. The number of nitrogens with zero attached hydrogens (tertiary/aromatic N) is 2. The Kier molecular flexibility index (Phi) is 3.48. The van der Waals surface area contributed by atoms with E-state index < -0.39 is 6.03 Å². The number of nitrogens with two attached hydrogens (primary N) is 2. The molecule has 0 aromatic carbocycles. The van der Waals surface area contributed by atoms with Crippen LogP contribution in [0.4, 0.5) is 16.4 Å². The van der Waals surface area contributed by atoms with Gasteiger partial charge in [-0.3, -0.25) is 0 Å². The zero-order chi connectivity index (χ0) is 10.4. The number of primary amides is 1. The second-order valence-corrected chi connectivity index (χ2v) is 2.54. The Morgan fingerprint density at radius 3 is 2.71 bits per heavy atom. The Morgan fingerprint density at radius 2 is 2.14 bits per heavy atom. The monoisotopic (exact) mass is 196 g/mol. The van der Waals surface area contributed by atoms with Gasteiger partial charge in [0.05, 0.1) is 12.4 Å². The molecule has 0 aliphatic heterocycles. The summed E-state index contributed by atoms with van der Waals surface area (Å²) in [5.41, 5.74) is 10.2. The molecule has 1 aromatic heterocycles. The van der Waals surface area contributed by atoms with Crippen LogP contribution in [-0.2, 0) is 0 Å². The second-order valence-electron chi connectivity index (χ2n) is 2.54. The number of rotatable bonds is 4. The summed E-state index contributed by atoms with van der Waals surface area (Å²) in [6.07, 6.45) is 2.96. The normalized spacial score (nSPS) is 9.43. The predicted molar refractivity (Wildman–Crippen MR) is 52.5 cm³/mol. The van der Waals surface area contributed by atoms with Gasteiger partial charge in [0.2, 0.25) is 0 Å². The van der Waals surface area contributed by atoms with Crippen molar-refractivity contribution < 1.29 is 4.79 Å². The average molecular weight is 196 g/mol. The van der Waals surface area contributed by atoms with E-state index in [0.717, 1.165) is 0 Å². The molecule has 0 spiro atoms. The summed E-state index contributed by atoms with van der Waals surface area (Å²) >= 11 is 0. The van der Waals surface area contributed by atoms with Crippen molar-refractivity contribution in [2.45, 2.75) is 0 Å². The summed E-state index contributed by atoms with van der Waals surface area (Å²) in [7, 11) is 0. The molecule has 0 fully saturated rings. The lowest BCUT2D eigenvalue weighted by Gasteiger charge is -2.04. The highest BCUT2D eigenvalue weighted by molar-refractivity contribution is 5.71. The van der Waals surface area contributed by atoms with Gasteiger partial charge in [-0.15, -0.1) is 0 Å². The predicted octanol–water partition coefficient (Wildman–Crippen LogP) is -0.861. The van der Waals surface area contributed by atoms with Gasteiger partial charge in [0, 0.05) is 13.1 Å². The second kappa shape index (κ2) is 4.85. The Bertz CT molecular complexity index is 298. The van der Waals surface area contributed by atoms with Crippen LogP contribution in [0.3, 0.4) is 0 Å². The van der Waals surface area contributed by atoms with Crippen LogP contribution in [0.5, 0.6) is 0 Å². The van der Waals surface area contributed by atoms with E-state index in [4.69, 9.17) is 11.5 Å². The van der Waals surface area contributed by atoms with E-state index in [9.17, 15) is 4.79 Å². The molecular formula is C7H12N6O. The zero-order valence-electron chi connectivity index (χ0n) is 7.53. The molecule has 2 amide bonds. The molecule has 0 radical (unpaired) electrons. The molecule has 6 N–H and O–H groups in total. The number of nitrogen functional groups attached to an aromatic ring is 1. The van der Waals surface area contributed by atoms with Gasteiger partial charge in [0.1, 0.15) is 11.6 Å². The van der Waals surface area contributed by atoms with Crippen molar-refractivity contribution in [3.05, 3.63) is 12.4 Å². The first-order valence-electron chi connectivity index (χ1n) is 4.03. The first kappa shape index (κ1) is 10.0. The lowest BCUT2D eigenvalue weighted by Crippen LogP contribution is -2.33. The van der Waals surface area contributed by atoms with Gasteiger partial charge >= 0.3 is 6.03 Å². The number of anilines is 2. The molecule has 0 aliphatic carbocycles. The molecule has 1 heterocycles. The highest BCUT2D eigenvalue weighted by Crippen LogP contribution is 1.99. The number of carbonyl (C=O) groups is 1. The summed E-state index contributed by atoms with van der Waals surface area (Å²) in [5.74, 6) is 0.969. The largest absolute Gasteiger partial charge is 0.382 e. The van der Waals surface area contributed by atoms with Crippen LogP contribution < -0.4 is 22.1 Å². The first-order chi connectivity index (χ1) is 6.68. The molecule has 0 saturated heterocycles. The van der Waals surface area contributed by atoms with E-state index in [-0.39, 0.29) is 0 Å². The van der Waals surface area contributed by atoms with Gasteiger partial charge in [-0.25, -0.2) is 14.8 Å². The molecule has 0 atom stereocenters. The smallest absolute Gasteiger partial charge is 0.312 e. The molecule has 0 aliphatic rings. The van der Waals surface area contributed by atoms with Crippen LogP contribution in [0.25, 0.3) is 0 Å². The molecule has 0 saturated carbocycles. The summed E-state index contributed by atoms with van der Waals surface area (Å²) in [4.78, 5) is 18.1. The minimum atomic E-state index is -0.546. The number of nitrogens with one attached hydrogen (secondary N) is 2. The summed E-state index contributed by atoms with van der Waals surface area (Å²) in [6, 6.07) is -0.546. The van der Waals surface area contributed by atoms with Gasteiger partial charge in [0.15, 0.2) is 0 Å². The molecule has 0 bridgehead atoms. The summed E-state index contributed by atoms with van der Waals surface area (Å²) in [5, 5.41) is 5.36. The molecular weight excluding hydrogens is 184 g/mol. The highest BCUT2D eigenvalue weighted by atomic mass is 16.2. The van der Waals surface area contributed by atoms with E-state index in [1.807, 2.05) is 0 Å². The SMILES string of the molecule is NC(=O)NCCNc1cnc(N)cn1. The zero-order valence-corrected chi connectivity index (χ0v) is 7.53. The third-order valence-corrected chi connectivity index (χ3v) is 1.40. The number of hydrogen-bond donors (Lipinski definition) is 4. The molecule has 0 unspecified atom stereocenters. The molecule has 7 nitrogen and oxygen atoms in total. The number of hydrogen-bond acceptors (Lipinski definition) is 5. The van der Waals surface area contributed by atoms with Crippen LogP contribution in [0.2, 0.25) is 0 Å². The number of aromatic nitrogens is 2. The number of carbonyl (C=O) groups excluding carboxylic acids is 1. The van der Waals surface area contributed by atoms with Crippen LogP contribution in [0, 0.1) is 0 Å². The Morgan fingerprint density at radius 1 is 1.36 bits per heavy atom. The van der Waals surface area contributed by atoms with Gasteiger partial charge in [-0.05, 0) is 0 Å². The summed E-state index contributed by atoms with van der Waals surface area (Å²) < 4.78 is 0. The van der Waals surface area contributed by atoms with E-state index in [0.29, 0.717) is 24.7 Å². The average Bonchev–Trinajstić information content (AvgIpc) is 2.15. The van der Waals surface area contributed by atoms with Crippen LogP contribution in [0.1, 0.15) is 0 Å². The number of urea groups is 1. The van der Waals surface area contributed by atoms with Crippen molar-refractivity contribution in [2.24, 2.45) is 5.73 Å². The molecule has 1 aromatic rings. The fraction of sp³-hybridized carbons (Fsp3) is 0.286. The fourth-order valence-electron chi connectivity index (χ4n) is 0.806. The quantitative estimate of drug-likeness (QED) is 0.467. The van der Waals surface area contributed by atoms with Gasteiger partial charge in [-0.1, -0.05) is 0 Å². The molecule has 1 rings (SSSR count). The maximum absolute atomic E-state index is 10.3. The molecule has 76 valence electrons. The topological polar surface area (TPSA) is 119 Å². The van der Waals surface area contributed by atoms with Crippen LogP contribution in [0.15, 0.2) is 12.4 Å². The Hall–Kier alpha value is -2.05. The lowest BCUT2D eigenvalue weighted by molar-refractivity contribution is 0.249. The van der Waals surface area contributed by atoms with E-state index in [1.165, 1.54) is 12.4 Å². The van der Waals surface area contributed by atoms with E-state index in [1.54, 1.807) is 0 Å². The van der Waals surface area contributed by atoms with Gasteiger partial charge in [0.25, 0.3) is 0 Å². The maximum Gasteiger partial charge on any atom is 0.312 e. The van der Waals surface area contributed by atoms with E-state index in [2.05, 4.69) is 20.6 Å². The van der Waals surface area contributed by atoms with Crippen molar-refractivity contribution >= 4 is 17.7 Å². The molecule has 14 heavy (non-hydrogen) atoms. The molecule has 7 heteroatoms. The summed E-state index contributed by atoms with van der Waals surface area (Å²) in [6.45, 7) is 0.961. The van der Waals surface area contributed by atoms with Gasteiger partial charge < -0.3 is 22.1 Å². The first-order valence-corrected chi connectivity index (χ1v) is 4.03. The van der Waals surface area contributed by atoms with Crippen molar-refractivity contribution in [3.63, 3.8) is 0 Å². The van der Waals surface area contributed by atoms with Crippen LogP contribution >= 0.6 is 0 Å². The van der Waals surface area contributed by atoms with Crippen molar-refractivity contribution in [2.75, 3.05) is 24.1 Å².